The maximum atomic E-state index is 8.06. The van der Waals surface area contributed by atoms with E-state index in [9.17, 15) is 0 Å². The fraction of sp³-hybridized carbons (Fsp3) is 0.0541. The van der Waals surface area contributed by atoms with Crippen LogP contribution >= 0.6 is 0 Å². The van der Waals surface area contributed by atoms with Gasteiger partial charge in [0.25, 0.3) is 0 Å². The average molecular weight is 607 g/mol. The molecule has 0 amide bonds. The molecule has 8 rings (SSSR count). The molecule has 5 aromatic carbocycles. The van der Waals surface area contributed by atoms with E-state index in [0.717, 1.165) is 28.4 Å². The van der Waals surface area contributed by atoms with Crippen LogP contribution in [0.4, 0.5) is 17.1 Å². The Kier molecular flexibility index (Phi) is 5.17. The Hall–Kier alpha value is -4.81. The number of ether oxygens (including phenoxy) is 1. The molecule has 1 aromatic heterocycles. The summed E-state index contributed by atoms with van der Waals surface area (Å²) in [6.07, 6.45) is 1.88. The zero-order valence-electron chi connectivity index (χ0n) is 25.8. The molecule has 42 heavy (non-hydrogen) atoms. The van der Waals surface area contributed by atoms with Crippen LogP contribution in [-0.4, -0.2) is 31.9 Å². The average Bonchev–Trinajstić information content (AvgIpc) is 3.61. The molecule has 0 aliphatic carbocycles. The van der Waals surface area contributed by atoms with E-state index in [1.807, 2.05) is 59.6 Å². The summed E-state index contributed by atoms with van der Waals surface area (Å²) in [6, 6.07) is 48.0. The third kappa shape index (κ3) is 3.79. The molecule has 0 N–H and O–H groups in total. The first kappa shape index (κ1) is 21.9. The van der Waals surface area contributed by atoms with Crippen molar-refractivity contribution in [2.24, 2.45) is 0 Å². The number of nitrogens with zero attached hydrogens (tertiary/aromatic N) is 3. The summed E-state index contributed by atoms with van der Waals surface area (Å²) in [5, 5.41) is 0. The Morgan fingerprint density at radius 1 is 0.667 bits per heavy atom. The van der Waals surface area contributed by atoms with E-state index in [1.165, 1.54) is 22.5 Å². The van der Waals surface area contributed by atoms with Crippen molar-refractivity contribution < 1.29 is 8.85 Å². The predicted molar refractivity (Wildman–Crippen MR) is 175 cm³/mol. The normalized spacial score (nSPS) is 15.7. The molecule has 4 nitrogen and oxygen atoms in total. The number of pyridine rings is 1. The second-order valence-corrected chi connectivity index (χ2v) is 18.5. The third-order valence-electron chi connectivity index (χ3n) is 8.39. The number of anilines is 3. The SMILES string of the molecule is [2H]C([2H])([2H])N1CN(c2cccc(Oc3cc[c]4c(c3)-c3nccc[c]3[Ge]4([c]3ccccc3)[c]3ccccc3)c2)c2ccccc21. The standard InChI is InChI=1S/C37H29GeN3O/c1-40-26-41(36-20-9-8-19-35(36)40)29-16-10-17-30(24-29)42-31-21-22-33-32(25-31)37-34(18-11-23-39-37)38(33,27-12-4-2-5-13-27)28-14-6-3-7-15-28/h2-25H,26H2,1H3/i1D3. The van der Waals surface area contributed by atoms with Crippen molar-refractivity contribution >= 4 is 47.9 Å². The van der Waals surface area contributed by atoms with Gasteiger partial charge in [-0.25, -0.2) is 0 Å². The van der Waals surface area contributed by atoms with E-state index < -0.39 is 20.2 Å². The first-order chi connectivity index (χ1) is 21.9. The molecule has 5 heteroatoms. The van der Waals surface area contributed by atoms with Crippen LogP contribution in [0.3, 0.4) is 0 Å². The number of fused-ring (bicyclic) bond motifs is 4. The molecule has 2 aliphatic heterocycles. The summed E-state index contributed by atoms with van der Waals surface area (Å²) < 4.78 is 36.1. The van der Waals surface area contributed by atoms with Gasteiger partial charge in [0.1, 0.15) is 0 Å². The summed E-state index contributed by atoms with van der Waals surface area (Å²) in [6.45, 7) is -2.01. The number of hydrogen-bond acceptors (Lipinski definition) is 4. The van der Waals surface area contributed by atoms with E-state index in [0.29, 0.717) is 11.4 Å². The van der Waals surface area contributed by atoms with Crippen LogP contribution in [0.2, 0.25) is 0 Å². The van der Waals surface area contributed by atoms with E-state index in [4.69, 9.17) is 13.8 Å². The van der Waals surface area contributed by atoms with E-state index in [2.05, 4.69) is 91.0 Å². The van der Waals surface area contributed by atoms with Crippen molar-refractivity contribution in [3.8, 4) is 22.8 Å². The molecule has 0 spiro atoms. The van der Waals surface area contributed by atoms with Crippen LogP contribution in [0.5, 0.6) is 11.5 Å². The zero-order chi connectivity index (χ0) is 30.6. The van der Waals surface area contributed by atoms with Crippen molar-refractivity contribution in [2.75, 3.05) is 23.4 Å². The van der Waals surface area contributed by atoms with Crippen LogP contribution in [0, 0.1) is 0 Å². The van der Waals surface area contributed by atoms with Crippen molar-refractivity contribution in [3.63, 3.8) is 0 Å². The van der Waals surface area contributed by atoms with Gasteiger partial charge in [-0.15, -0.1) is 0 Å². The molecule has 0 saturated heterocycles. The number of aromatic nitrogens is 1. The van der Waals surface area contributed by atoms with Crippen molar-refractivity contribution in [2.45, 2.75) is 0 Å². The van der Waals surface area contributed by atoms with Gasteiger partial charge in [0.05, 0.1) is 0 Å². The maximum absolute atomic E-state index is 8.06. The Morgan fingerprint density at radius 2 is 1.38 bits per heavy atom. The summed E-state index contributed by atoms with van der Waals surface area (Å²) in [7, 11) is 0. The van der Waals surface area contributed by atoms with Gasteiger partial charge in [-0.2, -0.15) is 0 Å². The molecule has 6 aromatic rings. The van der Waals surface area contributed by atoms with Gasteiger partial charge in [-0.3, -0.25) is 0 Å². The van der Waals surface area contributed by atoms with Gasteiger partial charge in [-0.1, -0.05) is 6.07 Å². The van der Waals surface area contributed by atoms with E-state index >= 15 is 0 Å². The molecule has 0 saturated carbocycles. The molecule has 2 aliphatic rings. The van der Waals surface area contributed by atoms with Crippen LogP contribution in [0.25, 0.3) is 11.3 Å². The van der Waals surface area contributed by atoms with Crippen LogP contribution in [0.1, 0.15) is 4.11 Å². The summed E-state index contributed by atoms with van der Waals surface area (Å²) >= 11 is -3.33. The minimum atomic E-state index is -3.33. The summed E-state index contributed by atoms with van der Waals surface area (Å²) in [5.41, 5.74) is 4.56. The van der Waals surface area contributed by atoms with Gasteiger partial charge >= 0.3 is 243 Å². The quantitative estimate of drug-likeness (QED) is 0.232. The Morgan fingerprint density at radius 3 is 2.14 bits per heavy atom. The second-order valence-electron chi connectivity index (χ2n) is 10.7. The molecule has 0 unspecified atom stereocenters. The molecular weight excluding hydrogens is 575 g/mol. The molecule has 0 bridgehead atoms. The van der Waals surface area contributed by atoms with E-state index in [-0.39, 0.29) is 6.67 Å². The van der Waals surface area contributed by atoms with Crippen molar-refractivity contribution in [3.05, 3.63) is 146 Å². The predicted octanol–water partition coefficient (Wildman–Crippen LogP) is 5.78. The Bertz CT molecular complexity index is 2000. The van der Waals surface area contributed by atoms with Gasteiger partial charge < -0.3 is 0 Å². The second kappa shape index (κ2) is 9.93. The number of hydrogen-bond donors (Lipinski definition) is 0. The number of rotatable bonds is 5. The monoisotopic (exact) mass is 608 g/mol. The molecular formula is C37H29GeN3O. The first-order valence-corrected chi connectivity index (χ1v) is 18.3. The van der Waals surface area contributed by atoms with Gasteiger partial charge in [0, 0.05) is 4.11 Å². The Balaban J connectivity index is 1.20. The Labute approximate surface area is 253 Å². The van der Waals surface area contributed by atoms with Crippen LogP contribution < -0.4 is 32.1 Å². The van der Waals surface area contributed by atoms with Crippen LogP contribution in [-0.2, 0) is 0 Å². The third-order valence-corrected chi connectivity index (χ3v) is 18.6. The van der Waals surface area contributed by atoms with E-state index in [1.54, 1.807) is 0 Å². The first-order valence-electron chi connectivity index (χ1n) is 15.6. The molecule has 202 valence electrons. The fourth-order valence-corrected chi connectivity index (χ4v) is 17.3. The van der Waals surface area contributed by atoms with Gasteiger partial charge in [-0.05, 0) is 0 Å². The molecule has 0 radical (unpaired) electrons. The molecule has 0 fully saturated rings. The number of benzene rings is 5. The minimum absolute atomic E-state index is 0.230. The fourth-order valence-electron chi connectivity index (χ4n) is 6.63. The van der Waals surface area contributed by atoms with Crippen LogP contribution in [0.15, 0.2) is 146 Å². The van der Waals surface area contributed by atoms with Crippen molar-refractivity contribution in [1.82, 2.24) is 4.98 Å². The summed E-state index contributed by atoms with van der Waals surface area (Å²) in [4.78, 5) is 8.41. The van der Waals surface area contributed by atoms with Gasteiger partial charge in [0.15, 0.2) is 0 Å². The number of para-hydroxylation sites is 2. The van der Waals surface area contributed by atoms with Gasteiger partial charge in [0.2, 0.25) is 0 Å². The zero-order valence-corrected chi connectivity index (χ0v) is 24.9. The van der Waals surface area contributed by atoms with Crippen molar-refractivity contribution in [1.29, 1.82) is 0 Å². The topological polar surface area (TPSA) is 28.6 Å². The molecule has 3 heterocycles. The molecule has 0 atom stereocenters. The summed E-state index contributed by atoms with van der Waals surface area (Å²) in [5.74, 6) is 1.41.